The summed E-state index contributed by atoms with van der Waals surface area (Å²) in [5.41, 5.74) is -0.173. The third kappa shape index (κ3) is 6.15. The highest BCUT2D eigenvalue weighted by Crippen LogP contribution is 2.49. The van der Waals surface area contributed by atoms with Crippen molar-refractivity contribution in [1.29, 1.82) is 0 Å². The van der Waals surface area contributed by atoms with E-state index in [9.17, 15) is 8.78 Å². The van der Waals surface area contributed by atoms with Gasteiger partial charge in [0.15, 0.2) is 34.8 Å². The van der Waals surface area contributed by atoms with Crippen LogP contribution in [0, 0.1) is 52.6 Å². The highest BCUT2D eigenvalue weighted by atomic mass is 28.4. The van der Waals surface area contributed by atoms with E-state index in [2.05, 4.69) is 27.7 Å². The van der Waals surface area contributed by atoms with Crippen LogP contribution in [0.25, 0.3) is 32.3 Å². The lowest BCUT2D eigenvalue weighted by Gasteiger charge is -2.39. The number of rotatable bonds is 16. The predicted octanol–water partition coefficient (Wildman–Crippen LogP) is 13.1. The van der Waals surface area contributed by atoms with Crippen molar-refractivity contribution < 1.29 is 39.5 Å². The number of unbranched alkanes of at least 4 members (excludes halogenated alkanes) is 5. The van der Waals surface area contributed by atoms with Gasteiger partial charge in [0, 0.05) is 10.8 Å². The zero-order valence-corrected chi connectivity index (χ0v) is 29.5. The molecule has 0 amide bonds. The molecule has 1 radical (unpaired) electrons. The second-order valence-electron chi connectivity index (χ2n) is 13.1. The van der Waals surface area contributed by atoms with E-state index in [1.807, 2.05) is 13.8 Å². The van der Waals surface area contributed by atoms with Crippen molar-refractivity contribution in [3.63, 3.8) is 0 Å². The monoisotopic (exact) mass is 687 g/mol. The first-order chi connectivity index (χ1) is 21.8. The first-order valence-corrected chi connectivity index (χ1v) is 21.8. The molecule has 4 aromatic rings. The van der Waals surface area contributed by atoms with Gasteiger partial charge in [-0.15, -0.1) is 0 Å². The topological polar surface area (TPSA) is 9.23 Å². The Bertz CT molecular complexity index is 1670. The Morgan fingerprint density at radius 2 is 0.978 bits per heavy atom. The molecule has 1 unspecified atom stereocenters. The molecule has 0 bridgehead atoms. The first-order valence-electron chi connectivity index (χ1n) is 16.6. The van der Waals surface area contributed by atoms with Crippen molar-refractivity contribution >= 4 is 48.7 Å². The van der Waals surface area contributed by atoms with Gasteiger partial charge in [0.25, 0.3) is 8.32 Å². The molecule has 1 atom stereocenters. The summed E-state index contributed by atoms with van der Waals surface area (Å²) in [6.45, 7) is 12.4. The fraction of sp³-hybridized carbons (Fsp3) is 0.543. The summed E-state index contributed by atoms with van der Waals surface area (Å²) in [5, 5.41) is -6.60. The fourth-order valence-electron chi connectivity index (χ4n) is 7.18. The molecule has 0 spiro atoms. The average molecular weight is 688 g/mol. The van der Waals surface area contributed by atoms with Crippen LogP contribution in [-0.2, 0) is 0 Å². The van der Waals surface area contributed by atoms with E-state index in [-0.39, 0.29) is 5.54 Å². The van der Waals surface area contributed by atoms with Gasteiger partial charge in [-0.05, 0) is 17.6 Å². The molecule has 0 aliphatic rings. The van der Waals surface area contributed by atoms with E-state index in [1.54, 1.807) is 0 Å². The van der Waals surface area contributed by atoms with Crippen molar-refractivity contribution in [3.05, 3.63) is 52.6 Å². The standard InChI is InChI=1S/C35H43F8OSi2/c1-7-11-12-13-14-15-16-46(20(5)6,18-17-45(8-2,9-3)10-4)44-35-28-26-25-23(29(38)31(40)27(26)32(41)34(35)43)21(36)19-22(37)24(25)30(39)33(28)42/h20H,7-18H2,1-6H3. The molecule has 0 saturated carbocycles. The van der Waals surface area contributed by atoms with E-state index < -0.39 is 101 Å². The molecule has 0 heterocycles. The third-order valence-electron chi connectivity index (χ3n) is 10.6. The molecule has 0 N–H and O–H groups in total. The number of halogens is 8. The van der Waals surface area contributed by atoms with Crippen molar-refractivity contribution in [3.8, 4) is 5.75 Å². The van der Waals surface area contributed by atoms with Gasteiger partial charge in [0.2, 0.25) is 5.82 Å². The smallest absolute Gasteiger partial charge is 0.253 e. The van der Waals surface area contributed by atoms with Crippen molar-refractivity contribution in [1.82, 2.24) is 0 Å². The minimum absolute atomic E-state index is 0.173. The Kier molecular flexibility index (Phi) is 11.4. The van der Waals surface area contributed by atoms with Crippen molar-refractivity contribution in [2.75, 3.05) is 0 Å². The Morgan fingerprint density at radius 1 is 0.522 bits per heavy atom. The quantitative estimate of drug-likeness (QED) is 0.0493. The summed E-state index contributed by atoms with van der Waals surface area (Å²) in [6, 6.07) is 6.44. The van der Waals surface area contributed by atoms with Gasteiger partial charge in [-0.3, -0.25) is 0 Å². The Labute approximate surface area is 268 Å². The predicted molar refractivity (Wildman–Crippen MR) is 175 cm³/mol. The van der Waals surface area contributed by atoms with Gasteiger partial charge in [-0.1, -0.05) is 104 Å². The number of hydrogen-bond donors (Lipinski definition) is 0. The molecule has 1 nitrogen and oxygen atoms in total. The normalized spacial score (nSPS) is 14.0. The second kappa shape index (κ2) is 14.4. The lowest BCUT2D eigenvalue weighted by molar-refractivity contribution is 0.435. The largest absolute Gasteiger partial charge is 0.541 e. The molecular formula is C35H43F8OSi2. The summed E-state index contributed by atoms with van der Waals surface area (Å²) in [7, 11) is -4.94. The summed E-state index contributed by atoms with van der Waals surface area (Å²) in [5.74, 6) is -15.7. The van der Waals surface area contributed by atoms with Crippen LogP contribution in [0.5, 0.6) is 5.75 Å². The summed E-state index contributed by atoms with van der Waals surface area (Å²) >= 11 is 0. The molecule has 0 aromatic heterocycles. The van der Waals surface area contributed by atoms with Crippen LogP contribution in [0.3, 0.4) is 0 Å². The SMILES string of the molecule is CCCCCCCC[Si](CC[Si](CC)(CC)CC)(Oc1c(F)c(F)c2c(F)c(F)c3c(F)[c]c(F)c4c(F)c(F)c1c2c34)C(C)C. The van der Waals surface area contributed by atoms with Crippen molar-refractivity contribution in [2.45, 2.75) is 122 Å². The zero-order valence-electron chi connectivity index (χ0n) is 27.5. The fourth-order valence-corrected chi connectivity index (χ4v) is 16.8. The lowest BCUT2D eigenvalue weighted by atomic mass is 9.91. The molecule has 0 aliphatic heterocycles. The maximum absolute atomic E-state index is 16.1. The summed E-state index contributed by atoms with van der Waals surface area (Å²) in [4.78, 5) is 0. The summed E-state index contributed by atoms with van der Waals surface area (Å²) < 4.78 is 131. The van der Waals surface area contributed by atoms with E-state index in [1.165, 1.54) is 6.07 Å². The Hall–Kier alpha value is -2.41. The highest BCUT2D eigenvalue weighted by molar-refractivity contribution is 6.83. The third-order valence-corrected chi connectivity index (χ3v) is 22.0. The molecule has 0 fully saturated rings. The molecule has 253 valence electrons. The van der Waals surface area contributed by atoms with Crippen LogP contribution in [0.4, 0.5) is 35.1 Å². The highest BCUT2D eigenvalue weighted by Gasteiger charge is 2.45. The molecule has 0 aliphatic carbocycles. The van der Waals surface area contributed by atoms with Crippen molar-refractivity contribution in [2.24, 2.45) is 0 Å². The maximum atomic E-state index is 16.1. The second-order valence-corrected chi connectivity index (χ2v) is 23.2. The number of hydrogen-bond acceptors (Lipinski definition) is 1. The maximum Gasteiger partial charge on any atom is 0.253 e. The average Bonchev–Trinajstić information content (AvgIpc) is 3.02. The minimum atomic E-state index is -3.18. The molecule has 11 heteroatoms. The van der Waals surface area contributed by atoms with Gasteiger partial charge < -0.3 is 4.43 Å². The van der Waals surface area contributed by atoms with E-state index in [0.717, 1.165) is 62.7 Å². The first kappa shape index (κ1) is 36.4. The van der Waals surface area contributed by atoms with Gasteiger partial charge in [0.1, 0.15) is 11.6 Å². The molecular weight excluding hydrogens is 645 g/mol. The molecule has 46 heavy (non-hydrogen) atoms. The summed E-state index contributed by atoms with van der Waals surface area (Å²) in [6.07, 6.45) is 5.80. The van der Waals surface area contributed by atoms with Crippen LogP contribution in [0.2, 0.25) is 41.8 Å². The lowest BCUT2D eigenvalue weighted by Crippen LogP contribution is -2.47. The van der Waals surface area contributed by atoms with E-state index >= 15 is 26.3 Å². The van der Waals surface area contributed by atoms with Gasteiger partial charge in [-0.2, -0.15) is 4.39 Å². The van der Waals surface area contributed by atoms with Crippen LogP contribution in [0.15, 0.2) is 0 Å². The van der Waals surface area contributed by atoms with Gasteiger partial charge >= 0.3 is 0 Å². The number of benzene rings is 4. The van der Waals surface area contributed by atoms with Crippen LogP contribution >= 0.6 is 0 Å². The molecule has 0 saturated heterocycles. The molecule has 4 aromatic carbocycles. The van der Waals surface area contributed by atoms with E-state index in [4.69, 9.17) is 4.43 Å². The zero-order chi connectivity index (χ0) is 34.1. The van der Waals surface area contributed by atoms with Crippen LogP contribution in [0.1, 0.15) is 80.1 Å². The van der Waals surface area contributed by atoms with Crippen LogP contribution < -0.4 is 4.43 Å². The Morgan fingerprint density at radius 3 is 1.50 bits per heavy atom. The van der Waals surface area contributed by atoms with Gasteiger partial charge in [-0.25, -0.2) is 30.7 Å². The van der Waals surface area contributed by atoms with Gasteiger partial charge in [0.05, 0.1) is 35.7 Å². The Balaban J connectivity index is 2.02. The minimum Gasteiger partial charge on any atom is -0.541 e. The van der Waals surface area contributed by atoms with E-state index in [0.29, 0.717) is 12.1 Å². The molecule has 4 rings (SSSR count). The van der Waals surface area contributed by atoms with Crippen LogP contribution in [-0.4, -0.2) is 16.4 Å².